The van der Waals surface area contributed by atoms with Gasteiger partial charge in [0, 0.05) is 13.1 Å². The number of rotatable bonds is 3. The molecule has 1 aliphatic heterocycles. The topological polar surface area (TPSA) is 37.4 Å². The van der Waals surface area contributed by atoms with Crippen molar-refractivity contribution in [2.75, 3.05) is 13.1 Å². The van der Waals surface area contributed by atoms with E-state index in [-0.39, 0.29) is 5.92 Å². The van der Waals surface area contributed by atoms with E-state index in [0.717, 1.165) is 11.1 Å². The Balaban J connectivity index is 2.33. The van der Waals surface area contributed by atoms with Gasteiger partial charge in [0.1, 0.15) is 0 Å². The second-order valence-electron chi connectivity index (χ2n) is 5.03. The number of hydrogen-bond acceptors (Lipinski definition) is 2. The fourth-order valence-corrected chi connectivity index (χ4v) is 3.76. The highest BCUT2D eigenvalue weighted by Gasteiger charge is 2.28. The standard InChI is InChI=1S/C15H19NO2S/c1-4-14-9-13(3)10-16(11-14)19(17,18)15-7-5-12(2)6-8-15/h4-9,13H,1,10-11H2,2-3H3/t13-/m0/s1. The molecule has 0 spiro atoms. The highest BCUT2D eigenvalue weighted by atomic mass is 32.2. The van der Waals surface area contributed by atoms with Gasteiger partial charge in [-0.25, -0.2) is 8.42 Å². The van der Waals surface area contributed by atoms with Crippen molar-refractivity contribution in [3.8, 4) is 0 Å². The first-order chi connectivity index (χ1) is 8.93. The normalized spacial score (nSPS) is 20.9. The molecule has 1 aromatic rings. The molecule has 0 aliphatic carbocycles. The summed E-state index contributed by atoms with van der Waals surface area (Å²) >= 11 is 0. The largest absolute Gasteiger partial charge is 0.243 e. The van der Waals surface area contributed by atoms with Gasteiger partial charge in [-0.15, -0.1) is 0 Å². The molecule has 1 atom stereocenters. The van der Waals surface area contributed by atoms with Gasteiger partial charge < -0.3 is 0 Å². The van der Waals surface area contributed by atoms with E-state index in [1.54, 1.807) is 18.2 Å². The number of hydrogen-bond donors (Lipinski definition) is 0. The van der Waals surface area contributed by atoms with Gasteiger partial charge >= 0.3 is 0 Å². The Morgan fingerprint density at radius 1 is 1.32 bits per heavy atom. The lowest BCUT2D eigenvalue weighted by atomic mass is 10.0. The van der Waals surface area contributed by atoms with Gasteiger partial charge in [-0.1, -0.05) is 43.4 Å². The Kier molecular flexibility index (Phi) is 3.92. The summed E-state index contributed by atoms with van der Waals surface area (Å²) in [5, 5.41) is 0. The van der Waals surface area contributed by atoms with E-state index in [4.69, 9.17) is 0 Å². The van der Waals surface area contributed by atoms with E-state index in [0.29, 0.717) is 18.0 Å². The predicted molar refractivity (Wildman–Crippen MR) is 77.4 cm³/mol. The van der Waals surface area contributed by atoms with Crippen LogP contribution in [-0.4, -0.2) is 25.8 Å². The summed E-state index contributed by atoms with van der Waals surface area (Å²) in [4.78, 5) is 0.357. The number of sulfonamides is 1. The molecule has 0 bridgehead atoms. The smallest absolute Gasteiger partial charge is 0.207 e. The van der Waals surface area contributed by atoms with Gasteiger partial charge in [0.2, 0.25) is 10.0 Å². The summed E-state index contributed by atoms with van der Waals surface area (Å²) in [6.45, 7) is 8.61. The van der Waals surface area contributed by atoms with Crippen molar-refractivity contribution in [2.24, 2.45) is 5.92 Å². The molecular formula is C15H19NO2S. The molecule has 19 heavy (non-hydrogen) atoms. The summed E-state index contributed by atoms with van der Waals surface area (Å²) in [5.41, 5.74) is 2.02. The van der Waals surface area contributed by atoms with E-state index in [9.17, 15) is 8.42 Å². The zero-order chi connectivity index (χ0) is 14.0. The SMILES string of the molecule is C=CC1=C[C@H](C)CN(S(=O)(=O)c2ccc(C)cc2)C1. The summed E-state index contributed by atoms with van der Waals surface area (Å²) in [6.07, 6.45) is 3.81. The second-order valence-corrected chi connectivity index (χ2v) is 6.97. The van der Waals surface area contributed by atoms with Gasteiger partial charge in [0.15, 0.2) is 0 Å². The average Bonchev–Trinajstić information content (AvgIpc) is 2.38. The first kappa shape index (κ1) is 14.0. The van der Waals surface area contributed by atoms with E-state index >= 15 is 0 Å². The molecule has 0 saturated heterocycles. The Morgan fingerprint density at radius 3 is 2.53 bits per heavy atom. The molecule has 0 unspecified atom stereocenters. The van der Waals surface area contributed by atoms with Crippen molar-refractivity contribution in [1.29, 1.82) is 0 Å². The van der Waals surface area contributed by atoms with E-state index < -0.39 is 10.0 Å². The van der Waals surface area contributed by atoms with Crippen LogP contribution in [0.4, 0.5) is 0 Å². The Labute approximate surface area is 115 Å². The van der Waals surface area contributed by atoms with Crippen LogP contribution >= 0.6 is 0 Å². The number of nitrogens with zero attached hydrogens (tertiary/aromatic N) is 1. The van der Waals surface area contributed by atoms with E-state index in [1.807, 2.05) is 26.0 Å². The second kappa shape index (κ2) is 5.31. The number of aryl methyl sites for hydroxylation is 1. The van der Waals surface area contributed by atoms with Crippen LogP contribution in [0.5, 0.6) is 0 Å². The van der Waals surface area contributed by atoms with Gasteiger partial charge in [-0.05, 0) is 30.5 Å². The zero-order valence-corrected chi connectivity index (χ0v) is 12.2. The maximum atomic E-state index is 12.6. The minimum absolute atomic E-state index is 0.210. The van der Waals surface area contributed by atoms with Crippen molar-refractivity contribution in [3.63, 3.8) is 0 Å². The van der Waals surface area contributed by atoms with Gasteiger partial charge in [-0.2, -0.15) is 4.31 Å². The quantitative estimate of drug-likeness (QED) is 0.852. The first-order valence-corrected chi connectivity index (χ1v) is 7.77. The molecule has 0 saturated carbocycles. The van der Waals surface area contributed by atoms with Crippen molar-refractivity contribution in [3.05, 3.63) is 54.1 Å². The fraction of sp³-hybridized carbons (Fsp3) is 0.333. The zero-order valence-electron chi connectivity index (χ0n) is 11.3. The predicted octanol–water partition coefficient (Wildman–Crippen LogP) is 2.75. The summed E-state index contributed by atoms with van der Waals surface area (Å²) in [5.74, 6) is 0.210. The van der Waals surface area contributed by atoms with Crippen LogP contribution < -0.4 is 0 Å². The molecule has 2 rings (SSSR count). The maximum Gasteiger partial charge on any atom is 0.243 e. The minimum atomic E-state index is -3.41. The van der Waals surface area contributed by atoms with Crippen LogP contribution in [0.25, 0.3) is 0 Å². The highest BCUT2D eigenvalue weighted by Crippen LogP contribution is 2.23. The van der Waals surface area contributed by atoms with Gasteiger partial charge in [0.25, 0.3) is 0 Å². The maximum absolute atomic E-state index is 12.6. The van der Waals surface area contributed by atoms with Crippen LogP contribution in [-0.2, 0) is 10.0 Å². The van der Waals surface area contributed by atoms with Crippen LogP contribution in [0.3, 0.4) is 0 Å². The van der Waals surface area contributed by atoms with Crippen molar-refractivity contribution in [1.82, 2.24) is 4.31 Å². The highest BCUT2D eigenvalue weighted by molar-refractivity contribution is 7.89. The monoisotopic (exact) mass is 277 g/mol. The summed E-state index contributed by atoms with van der Waals surface area (Å²) in [7, 11) is -3.41. The van der Waals surface area contributed by atoms with Crippen molar-refractivity contribution in [2.45, 2.75) is 18.7 Å². The first-order valence-electron chi connectivity index (χ1n) is 6.33. The van der Waals surface area contributed by atoms with Gasteiger partial charge in [-0.3, -0.25) is 0 Å². The van der Waals surface area contributed by atoms with Crippen LogP contribution in [0.1, 0.15) is 12.5 Å². The van der Waals surface area contributed by atoms with E-state index in [2.05, 4.69) is 12.7 Å². The van der Waals surface area contributed by atoms with Crippen molar-refractivity contribution < 1.29 is 8.42 Å². The van der Waals surface area contributed by atoms with Crippen LogP contribution in [0, 0.1) is 12.8 Å². The third-order valence-corrected chi connectivity index (χ3v) is 5.10. The molecule has 0 radical (unpaired) electrons. The third-order valence-electron chi connectivity index (χ3n) is 3.27. The molecule has 4 heteroatoms. The molecule has 1 aromatic carbocycles. The molecule has 0 amide bonds. The lowest BCUT2D eigenvalue weighted by Gasteiger charge is -2.29. The molecule has 102 valence electrons. The molecule has 3 nitrogen and oxygen atoms in total. The molecular weight excluding hydrogens is 258 g/mol. The van der Waals surface area contributed by atoms with Crippen molar-refractivity contribution >= 4 is 10.0 Å². The molecule has 0 aromatic heterocycles. The Bertz CT molecular complexity index is 600. The Hall–Kier alpha value is -1.39. The lowest BCUT2D eigenvalue weighted by Crippen LogP contribution is -2.38. The summed E-state index contributed by atoms with van der Waals surface area (Å²) in [6, 6.07) is 6.98. The van der Waals surface area contributed by atoms with Crippen LogP contribution in [0.15, 0.2) is 53.5 Å². The van der Waals surface area contributed by atoms with Crippen LogP contribution in [0.2, 0.25) is 0 Å². The minimum Gasteiger partial charge on any atom is -0.207 e. The lowest BCUT2D eigenvalue weighted by molar-refractivity contribution is 0.387. The fourth-order valence-electron chi connectivity index (χ4n) is 2.24. The molecule has 0 fully saturated rings. The summed E-state index contributed by atoms with van der Waals surface area (Å²) < 4.78 is 26.7. The number of benzene rings is 1. The van der Waals surface area contributed by atoms with Gasteiger partial charge in [0.05, 0.1) is 4.90 Å². The third kappa shape index (κ3) is 2.96. The molecule has 1 aliphatic rings. The molecule has 0 N–H and O–H groups in total. The Morgan fingerprint density at radius 2 is 1.95 bits per heavy atom. The van der Waals surface area contributed by atoms with E-state index in [1.165, 1.54) is 4.31 Å². The molecule has 1 heterocycles. The average molecular weight is 277 g/mol.